The first kappa shape index (κ1) is 22.5. The summed E-state index contributed by atoms with van der Waals surface area (Å²) >= 11 is 1.32. The monoisotopic (exact) mass is 438 g/mol. The molecule has 2 amide bonds. The van der Waals surface area contributed by atoms with Gasteiger partial charge >= 0.3 is 0 Å². The van der Waals surface area contributed by atoms with Gasteiger partial charge in [0.05, 0.1) is 17.0 Å². The summed E-state index contributed by atoms with van der Waals surface area (Å²) in [5.74, 6) is 0.468. The van der Waals surface area contributed by atoms with Crippen molar-refractivity contribution in [3.05, 3.63) is 54.4 Å². The van der Waals surface area contributed by atoms with Gasteiger partial charge in [-0.1, -0.05) is 30.8 Å². The van der Waals surface area contributed by atoms with Gasteiger partial charge in [-0.15, -0.1) is 10.2 Å². The lowest BCUT2D eigenvalue weighted by molar-refractivity contribution is -0.113. The number of hydrogen-bond acceptors (Lipinski definition) is 6. The zero-order chi connectivity index (χ0) is 22.2. The lowest BCUT2D eigenvalue weighted by atomic mass is 10.1. The molecule has 0 radical (unpaired) electrons. The van der Waals surface area contributed by atoms with E-state index in [-0.39, 0.29) is 23.6 Å². The van der Waals surface area contributed by atoms with Crippen molar-refractivity contribution in [3.63, 3.8) is 0 Å². The van der Waals surface area contributed by atoms with Crippen LogP contribution in [-0.4, -0.2) is 43.4 Å². The molecule has 0 fully saturated rings. The summed E-state index contributed by atoms with van der Waals surface area (Å²) in [4.78, 5) is 29.0. The average molecular weight is 439 g/mol. The Balaban J connectivity index is 1.70. The van der Waals surface area contributed by atoms with E-state index in [1.807, 2.05) is 30.5 Å². The van der Waals surface area contributed by atoms with Gasteiger partial charge in [0.25, 0.3) is 5.91 Å². The molecule has 2 N–H and O–H groups in total. The van der Waals surface area contributed by atoms with E-state index in [0.29, 0.717) is 16.4 Å². The van der Waals surface area contributed by atoms with Gasteiger partial charge in [0.2, 0.25) is 5.91 Å². The predicted molar refractivity (Wildman–Crippen MR) is 122 cm³/mol. The zero-order valence-corrected chi connectivity index (χ0v) is 18.6. The molecule has 2 aromatic heterocycles. The molecule has 0 aliphatic rings. The minimum atomic E-state index is -0.219. The largest absolute Gasteiger partial charge is 0.350 e. The number of carbonyl (C=O) groups excluding carboxylic acids is 2. The SMILES string of the molecule is CCCn1c(SCC(=O)Nc2ccccc2C(=O)NC(C)C)nnc1-c1ccncc1. The first-order chi connectivity index (χ1) is 15.0. The minimum absolute atomic E-state index is 0.00586. The number of thioether (sulfide) groups is 1. The fraction of sp³-hybridized carbons (Fsp3) is 0.318. The molecule has 31 heavy (non-hydrogen) atoms. The predicted octanol–water partition coefficient (Wildman–Crippen LogP) is 3.62. The van der Waals surface area contributed by atoms with Gasteiger partial charge in [0.15, 0.2) is 11.0 Å². The highest BCUT2D eigenvalue weighted by Gasteiger charge is 2.17. The van der Waals surface area contributed by atoms with E-state index in [9.17, 15) is 9.59 Å². The van der Waals surface area contributed by atoms with Crippen LogP contribution in [0.1, 0.15) is 37.6 Å². The molecule has 162 valence electrons. The molecule has 9 heteroatoms. The van der Waals surface area contributed by atoms with Crippen LogP contribution < -0.4 is 10.6 Å². The molecule has 8 nitrogen and oxygen atoms in total. The third-order valence-corrected chi connectivity index (χ3v) is 5.27. The molecule has 0 aliphatic heterocycles. The molecule has 3 aromatic rings. The number of amides is 2. The van der Waals surface area contributed by atoms with Crippen molar-refractivity contribution in [2.45, 2.75) is 44.9 Å². The number of anilines is 1. The number of nitrogens with one attached hydrogen (secondary N) is 2. The summed E-state index contributed by atoms with van der Waals surface area (Å²) in [6.07, 6.45) is 4.34. The van der Waals surface area contributed by atoms with Gasteiger partial charge in [-0.25, -0.2) is 0 Å². The zero-order valence-electron chi connectivity index (χ0n) is 17.8. The molecule has 2 heterocycles. The number of nitrogens with zero attached hydrogens (tertiary/aromatic N) is 4. The first-order valence-electron chi connectivity index (χ1n) is 10.2. The van der Waals surface area contributed by atoms with Crippen LogP contribution in [0.4, 0.5) is 5.69 Å². The molecule has 0 saturated heterocycles. The Kier molecular flexibility index (Phi) is 7.77. The van der Waals surface area contributed by atoms with E-state index in [1.54, 1.807) is 36.7 Å². The van der Waals surface area contributed by atoms with Crippen LogP contribution in [0, 0.1) is 0 Å². The highest BCUT2D eigenvalue weighted by Crippen LogP contribution is 2.24. The van der Waals surface area contributed by atoms with Gasteiger partial charge in [0, 0.05) is 30.5 Å². The van der Waals surface area contributed by atoms with Crippen LogP contribution in [0.25, 0.3) is 11.4 Å². The third-order valence-electron chi connectivity index (χ3n) is 4.30. The highest BCUT2D eigenvalue weighted by atomic mass is 32.2. The Morgan fingerprint density at radius 2 is 1.84 bits per heavy atom. The van der Waals surface area contributed by atoms with Crippen LogP contribution in [0.5, 0.6) is 0 Å². The van der Waals surface area contributed by atoms with E-state index in [2.05, 4.69) is 32.7 Å². The van der Waals surface area contributed by atoms with Crippen LogP contribution in [-0.2, 0) is 11.3 Å². The molecule has 0 spiro atoms. The standard InChI is InChI=1S/C22H26N6O2S/c1-4-13-28-20(16-9-11-23-12-10-16)26-27-22(28)31-14-19(29)25-18-8-6-5-7-17(18)21(30)24-15(2)3/h5-12,15H,4,13-14H2,1-3H3,(H,24,30)(H,25,29). The van der Waals surface area contributed by atoms with Crippen LogP contribution >= 0.6 is 11.8 Å². The molecule has 0 atom stereocenters. The summed E-state index contributed by atoms with van der Waals surface area (Å²) in [6.45, 7) is 6.61. The molecule has 0 unspecified atom stereocenters. The van der Waals surface area contributed by atoms with E-state index < -0.39 is 0 Å². The van der Waals surface area contributed by atoms with Crippen LogP contribution in [0.2, 0.25) is 0 Å². The number of hydrogen-bond donors (Lipinski definition) is 2. The number of benzene rings is 1. The van der Waals surface area contributed by atoms with Gasteiger partial charge in [-0.3, -0.25) is 14.6 Å². The summed E-state index contributed by atoms with van der Waals surface area (Å²) in [5, 5.41) is 15.0. The van der Waals surface area contributed by atoms with Crippen molar-refractivity contribution in [2.75, 3.05) is 11.1 Å². The van der Waals surface area contributed by atoms with Crippen molar-refractivity contribution >= 4 is 29.3 Å². The number of aromatic nitrogens is 4. The number of rotatable bonds is 9. The maximum atomic E-state index is 12.6. The van der Waals surface area contributed by atoms with Crippen molar-refractivity contribution in [2.24, 2.45) is 0 Å². The molecule has 3 rings (SSSR count). The van der Waals surface area contributed by atoms with Gasteiger partial charge < -0.3 is 15.2 Å². The Morgan fingerprint density at radius 1 is 1.10 bits per heavy atom. The normalized spacial score (nSPS) is 10.8. The summed E-state index contributed by atoms with van der Waals surface area (Å²) in [6, 6.07) is 10.7. The summed E-state index contributed by atoms with van der Waals surface area (Å²) < 4.78 is 2.01. The Bertz CT molecular complexity index is 1040. The van der Waals surface area contributed by atoms with E-state index in [0.717, 1.165) is 24.4 Å². The minimum Gasteiger partial charge on any atom is -0.350 e. The average Bonchev–Trinajstić information content (AvgIpc) is 3.15. The quantitative estimate of drug-likeness (QED) is 0.495. The number of carbonyl (C=O) groups is 2. The fourth-order valence-corrected chi connectivity index (χ4v) is 3.75. The topological polar surface area (TPSA) is 102 Å². The molecule has 0 saturated carbocycles. The van der Waals surface area contributed by atoms with Gasteiger partial charge in [0.1, 0.15) is 0 Å². The number of para-hydroxylation sites is 1. The second-order valence-electron chi connectivity index (χ2n) is 7.20. The Labute approximate surface area is 185 Å². The smallest absolute Gasteiger partial charge is 0.253 e. The van der Waals surface area contributed by atoms with Crippen LogP contribution in [0.15, 0.2) is 53.9 Å². The maximum Gasteiger partial charge on any atom is 0.253 e. The maximum absolute atomic E-state index is 12.6. The lowest BCUT2D eigenvalue weighted by Crippen LogP contribution is -2.31. The Hall–Kier alpha value is -3.20. The van der Waals surface area contributed by atoms with Crippen molar-refractivity contribution in [1.29, 1.82) is 0 Å². The van der Waals surface area contributed by atoms with E-state index in [4.69, 9.17) is 0 Å². The molecule has 1 aromatic carbocycles. The van der Waals surface area contributed by atoms with E-state index in [1.165, 1.54) is 11.8 Å². The third kappa shape index (κ3) is 5.91. The second-order valence-corrected chi connectivity index (χ2v) is 8.15. The fourth-order valence-electron chi connectivity index (χ4n) is 2.98. The van der Waals surface area contributed by atoms with Crippen molar-refractivity contribution < 1.29 is 9.59 Å². The van der Waals surface area contributed by atoms with E-state index >= 15 is 0 Å². The summed E-state index contributed by atoms with van der Waals surface area (Å²) in [7, 11) is 0. The van der Waals surface area contributed by atoms with Crippen LogP contribution in [0.3, 0.4) is 0 Å². The van der Waals surface area contributed by atoms with Crippen molar-refractivity contribution in [3.8, 4) is 11.4 Å². The highest BCUT2D eigenvalue weighted by molar-refractivity contribution is 7.99. The molecular weight excluding hydrogens is 412 g/mol. The first-order valence-corrected chi connectivity index (χ1v) is 11.1. The second kappa shape index (κ2) is 10.7. The molecular formula is C22H26N6O2S. The van der Waals surface area contributed by atoms with Gasteiger partial charge in [-0.2, -0.15) is 0 Å². The Morgan fingerprint density at radius 3 is 2.55 bits per heavy atom. The van der Waals surface area contributed by atoms with Crippen molar-refractivity contribution in [1.82, 2.24) is 25.1 Å². The molecule has 0 aliphatic carbocycles. The molecule has 0 bridgehead atoms. The number of pyridine rings is 1. The summed E-state index contributed by atoms with van der Waals surface area (Å²) in [5.41, 5.74) is 1.85. The lowest BCUT2D eigenvalue weighted by Gasteiger charge is -2.13. The van der Waals surface area contributed by atoms with Gasteiger partial charge in [-0.05, 0) is 44.5 Å².